The van der Waals surface area contributed by atoms with Gasteiger partial charge in [0.25, 0.3) is 5.91 Å². The zero-order chi connectivity index (χ0) is 29.1. The minimum absolute atomic E-state index is 0.0286. The quantitative estimate of drug-likeness (QED) is 0.207. The van der Waals surface area contributed by atoms with E-state index in [1.54, 1.807) is 13.0 Å². The van der Waals surface area contributed by atoms with Crippen LogP contribution < -0.4 is 5.32 Å². The van der Waals surface area contributed by atoms with Crippen molar-refractivity contribution in [1.82, 2.24) is 15.5 Å². The van der Waals surface area contributed by atoms with Gasteiger partial charge in [-0.05, 0) is 71.1 Å². The molecule has 0 spiro atoms. The molecule has 6 nitrogen and oxygen atoms in total. The predicted molar refractivity (Wildman–Crippen MR) is 149 cm³/mol. The number of phenolic OH excluding ortho intramolecular Hbond substituents is 1. The van der Waals surface area contributed by atoms with Crippen molar-refractivity contribution in [2.24, 2.45) is 0 Å². The van der Waals surface area contributed by atoms with Crippen molar-refractivity contribution in [2.75, 3.05) is 6.54 Å². The summed E-state index contributed by atoms with van der Waals surface area (Å²) in [6.07, 6.45) is -4.46. The van der Waals surface area contributed by atoms with Gasteiger partial charge in [0.15, 0.2) is 5.82 Å². The normalized spacial score (nSPS) is 12.2. The molecule has 5 rings (SSSR count). The van der Waals surface area contributed by atoms with Gasteiger partial charge < -0.3 is 14.9 Å². The summed E-state index contributed by atoms with van der Waals surface area (Å²) in [6, 6.07) is 24.0. The van der Waals surface area contributed by atoms with E-state index in [0.29, 0.717) is 27.9 Å². The Kier molecular flexibility index (Phi) is 7.81. The van der Waals surface area contributed by atoms with Crippen molar-refractivity contribution in [3.05, 3.63) is 124 Å². The number of alkyl halides is 3. The number of rotatable bonds is 7. The Balaban J connectivity index is 1.37. The average Bonchev–Trinajstić information content (AvgIpc) is 3.39. The molecule has 10 heteroatoms. The summed E-state index contributed by atoms with van der Waals surface area (Å²) in [7, 11) is 0. The van der Waals surface area contributed by atoms with Gasteiger partial charge in [-0.2, -0.15) is 18.2 Å². The van der Waals surface area contributed by atoms with Crippen molar-refractivity contribution in [2.45, 2.75) is 19.0 Å². The van der Waals surface area contributed by atoms with Gasteiger partial charge >= 0.3 is 6.18 Å². The summed E-state index contributed by atoms with van der Waals surface area (Å²) >= 11 is 6.13. The number of phenols is 1. The molecule has 5 aromatic rings. The average molecular weight is 578 g/mol. The highest BCUT2D eigenvalue weighted by Gasteiger charge is 2.30. The first kappa shape index (κ1) is 27.9. The SMILES string of the molecule is Cc1noc(C(CNC(=O)c2cc(-c3ccc(C(F)(F)F)cc3)ccc2O)c2ccc(-c3cccc(Cl)c3)cc2)n1. The van der Waals surface area contributed by atoms with Gasteiger partial charge in [0.1, 0.15) is 5.75 Å². The first-order valence-corrected chi connectivity index (χ1v) is 12.9. The molecule has 41 heavy (non-hydrogen) atoms. The molecule has 1 atom stereocenters. The van der Waals surface area contributed by atoms with Crippen LogP contribution in [0.15, 0.2) is 95.5 Å². The van der Waals surface area contributed by atoms with E-state index in [4.69, 9.17) is 16.1 Å². The summed E-state index contributed by atoms with van der Waals surface area (Å²) in [6.45, 7) is 1.76. The maximum atomic E-state index is 13.2. The molecule has 0 saturated heterocycles. The number of aromatic hydroxyl groups is 1. The predicted octanol–water partition coefficient (Wildman–Crippen LogP) is 7.65. The van der Waals surface area contributed by atoms with Gasteiger partial charge in [-0.3, -0.25) is 4.79 Å². The molecular weight excluding hydrogens is 555 g/mol. The highest BCUT2D eigenvalue weighted by atomic mass is 35.5. The van der Waals surface area contributed by atoms with Gasteiger partial charge in [-0.25, -0.2) is 0 Å². The van der Waals surface area contributed by atoms with E-state index >= 15 is 0 Å². The third kappa shape index (κ3) is 6.41. The van der Waals surface area contributed by atoms with Crippen molar-refractivity contribution in [3.8, 4) is 28.0 Å². The molecule has 4 aromatic carbocycles. The number of amides is 1. The molecule has 0 fully saturated rings. The number of hydrogen-bond acceptors (Lipinski definition) is 5. The van der Waals surface area contributed by atoms with E-state index in [2.05, 4.69) is 15.5 Å². The molecule has 0 aliphatic carbocycles. The lowest BCUT2D eigenvalue weighted by Gasteiger charge is -2.16. The van der Waals surface area contributed by atoms with E-state index in [0.717, 1.165) is 28.8 Å². The van der Waals surface area contributed by atoms with Gasteiger partial charge in [0.05, 0.1) is 17.0 Å². The van der Waals surface area contributed by atoms with Crippen LogP contribution in [0.1, 0.15) is 39.1 Å². The number of carbonyl (C=O) groups is 1. The smallest absolute Gasteiger partial charge is 0.416 e. The topological polar surface area (TPSA) is 88.2 Å². The van der Waals surface area contributed by atoms with Gasteiger partial charge in [0.2, 0.25) is 5.89 Å². The third-order valence-corrected chi connectivity index (χ3v) is 6.80. The number of aryl methyl sites for hydroxylation is 1. The minimum Gasteiger partial charge on any atom is -0.507 e. The molecule has 1 unspecified atom stereocenters. The maximum Gasteiger partial charge on any atom is 0.416 e. The number of nitrogens with one attached hydrogen (secondary N) is 1. The zero-order valence-electron chi connectivity index (χ0n) is 21.6. The standard InChI is InChI=1S/C31H23ClF3N3O3/c1-18-37-30(41-38-18)27(21-7-5-19(6-8-21)22-3-2-4-25(32)15-22)17-36-29(40)26-16-23(11-14-28(26)39)20-9-12-24(13-10-20)31(33,34)35/h2-16,27,39H,17H2,1H3,(H,36,40). The largest absolute Gasteiger partial charge is 0.507 e. The Hall–Kier alpha value is -4.63. The van der Waals surface area contributed by atoms with Crippen LogP contribution >= 0.6 is 11.6 Å². The second-order valence-corrected chi connectivity index (χ2v) is 9.82. The van der Waals surface area contributed by atoms with E-state index in [9.17, 15) is 23.1 Å². The molecule has 0 radical (unpaired) electrons. The van der Waals surface area contributed by atoms with Crippen molar-refractivity contribution in [1.29, 1.82) is 0 Å². The lowest BCUT2D eigenvalue weighted by atomic mass is 9.95. The highest BCUT2D eigenvalue weighted by Crippen LogP contribution is 2.33. The number of carbonyl (C=O) groups excluding carboxylic acids is 1. The lowest BCUT2D eigenvalue weighted by Crippen LogP contribution is -2.29. The summed E-state index contributed by atoms with van der Waals surface area (Å²) in [5.41, 5.74) is 2.84. The van der Waals surface area contributed by atoms with Crippen LogP contribution in [0.25, 0.3) is 22.3 Å². The second kappa shape index (κ2) is 11.5. The van der Waals surface area contributed by atoms with Crippen molar-refractivity contribution < 1.29 is 27.6 Å². The van der Waals surface area contributed by atoms with E-state index < -0.39 is 23.6 Å². The second-order valence-electron chi connectivity index (χ2n) is 9.38. The summed E-state index contributed by atoms with van der Waals surface area (Å²) in [5.74, 6) is -0.592. The fraction of sp³-hybridized carbons (Fsp3) is 0.129. The van der Waals surface area contributed by atoms with Crippen molar-refractivity contribution in [3.63, 3.8) is 0 Å². The Labute approximate surface area is 238 Å². The Morgan fingerprint density at radius 3 is 2.17 bits per heavy atom. The Morgan fingerprint density at radius 2 is 1.56 bits per heavy atom. The van der Waals surface area contributed by atoms with Crippen LogP contribution in [-0.4, -0.2) is 27.7 Å². The number of benzene rings is 4. The van der Waals surface area contributed by atoms with Crippen LogP contribution in [-0.2, 0) is 6.18 Å². The maximum absolute atomic E-state index is 13.2. The third-order valence-electron chi connectivity index (χ3n) is 6.57. The molecule has 0 bridgehead atoms. The molecule has 208 valence electrons. The number of halogens is 4. The van der Waals surface area contributed by atoms with E-state index in [1.807, 2.05) is 42.5 Å². The van der Waals surface area contributed by atoms with Crippen LogP contribution in [0.2, 0.25) is 5.02 Å². The van der Waals surface area contributed by atoms with Gasteiger partial charge in [-0.15, -0.1) is 0 Å². The molecule has 1 aromatic heterocycles. The fourth-order valence-electron chi connectivity index (χ4n) is 4.42. The van der Waals surface area contributed by atoms with Crippen LogP contribution in [0.3, 0.4) is 0 Å². The number of nitrogens with zero attached hydrogens (tertiary/aromatic N) is 2. The van der Waals surface area contributed by atoms with E-state index in [1.165, 1.54) is 30.3 Å². The highest BCUT2D eigenvalue weighted by molar-refractivity contribution is 6.30. The molecule has 2 N–H and O–H groups in total. The first-order chi connectivity index (χ1) is 19.6. The van der Waals surface area contributed by atoms with Crippen LogP contribution in [0, 0.1) is 6.92 Å². The molecule has 0 aliphatic heterocycles. The Morgan fingerprint density at radius 1 is 0.927 bits per heavy atom. The van der Waals surface area contributed by atoms with E-state index in [-0.39, 0.29) is 17.9 Å². The number of aromatic nitrogens is 2. The monoisotopic (exact) mass is 577 g/mol. The van der Waals surface area contributed by atoms with Crippen molar-refractivity contribution >= 4 is 17.5 Å². The summed E-state index contributed by atoms with van der Waals surface area (Å²) in [4.78, 5) is 17.5. The van der Waals surface area contributed by atoms with Gasteiger partial charge in [0, 0.05) is 11.6 Å². The molecule has 1 heterocycles. The molecular formula is C31H23ClF3N3O3. The number of hydrogen-bond donors (Lipinski definition) is 2. The summed E-state index contributed by atoms with van der Waals surface area (Å²) in [5, 5.41) is 17.7. The molecule has 0 saturated carbocycles. The van der Waals surface area contributed by atoms with Crippen LogP contribution in [0.5, 0.6) is 5.75 Å². The Bertz CT molecular complexity index is 1680. The molecule has 1 amide bonds. The fourth-order valence-corrected chi connectivity index (χ4v) is 4.61. The molecule has 0 aliphatic rings. The zero-order valence-corrected chi connectivity index (χ0v) is 22.4. The lowest BCUT2D eigenvalue weighted by molar-refractivity contribution is -0.137. The minimum atomic E-state index is -4.46. The first-order valence-electron chi connectivity index (χ1n) is 12.5. The van der Waals surface area contributed by atoms with Gasteiger partial charge in [-0.1, -0.05) is 71.4 Å². The van der Waals surface area contributed by atoms with Crippen LogP contribution in [0.4, 0.5) is 13.2 Å². The summed E-state index contributed by atoms with van der Waals surface area (Å²) < 4.78 is 44.3.